The molecule has 1 aromatic heterocycles. The van der Waals surface area contributed by atoms with Crippen molar-refractivity contribution in [3.8, 4) is 0 Å². The van der Waals surface area contributed by atoms with Crippen LogP contribution >= 0.6 is 0 Å². The zero-order chi connectivity index (χ0) is 12.5. The molecule has 1 aliphatic carbocycles. The summed E-state index contributed by atoms with van der Waals surface area (Å²) in [5.74, 6) is 0.271. The number of benzene rings is 1. The number of aliphatic hydroxyl groups is 1. The van der Waals surface area contributed by atoms with E-state index in [0.717, 1.165) is 11.8 Å². The third-order valence-electron chi connectivity index (χ3n) is 3.34. The van der Waals surface area contributed by atoms with Gasteiger partial charge in [0.1, 0.15) is 11.9 Å². The standard InChI is InChI=1S/C15H14FNO/c16-14-7-13(8-17-9-14)15(18)12-5-3-11(4-6-12)10-1-2-10/h3-10,15,18H,1-2H2. The maximum absolute atomic E-state index is 13.0. The average molecular weight is 243 g/mol. The van der Waals surface area contributed by atoms with Gasteiger partial charge in [-0.3, -0.25) is 4.98 Å². The molecule has 0 amide bonds. The highest BCUT2D eigenvalue weighted by molar-refractivity contribution is 5.33. The van der Waals surface area contributed by atoms with Crippen molar-refractivity contribution in [2.24, 2.45) is 0 Å². The molecule has 1 N–H and O–H groups in total. The van der Waals surface area contributed by atoms with Crippen LogP contribution in [0.15, 0.2) is 42.7 Å². The molecule has 92 valence electrons. The van der Waals surface area contributed by atoms with Crippen LogP contribution in [0.4, 0.5) is 4.39 Å². The third kappa shape index (κ3) is 2.27. The molecule has 1 aliphatic rings. The van der Waals surface area contributed by atoms with Crippen molar-refractivity contribution in [3.63, 3.8) is 0 Å². The van der Waals surface area contributed by atoms with Crippen LogP contribution in [0, 0.1) is 5.82 Å². The summed E-state index contributed by atoms with van der Waals surface area (Å²) in [6.07, 6.45) is 4.32. The molecule has 3 heteroatoms. The van der Waals surface area contributed by atoms with E-state index in [4.69, 9.17) is 0 Å². The van der Waals surface area contributed by atoms with Gasteiger partial charge in [-0.05, 0) is 36.0 Å². The first kappa shape index (κ1) is 11.4. The van der Waals surface area contributed by atoms with Crippen molar-refractivity contribution in [3.05, 3.63) is 65.2 Å². The van der Waals surface area contributed by atoms with Crippen LogP contribution in [-0.4, -0.2) is 10.1 Å². The molecule has 0 saturated heterocycles. The van der Waals surface area contributed by atoms with E-state index in [-0.39, 0.29) is 0 Å². The van der Waals surface area contributed by atoms with Crippen LogP contribution in [-0.2, 0) is 0 Å². The summed E-state index contributed by atoms with van der Waals surface area (Å²) in [4.78, 5) is 3.75. The second kappa shape index (κ2) is 4.50. The number of nitrogens with zero attached hydrogens (tertiary/aromatic N) is 1. The first-order chi connectivity index (χ1) is 8.74. The number of hydrogen-bond donors (Lipinski definition) is 1. The van der Waals surface area contributed by atoms with Crippen molar-refractivity contribution in [1.29, 1.82) is 0 Å². The molecular formula is C15H14FNO. The highest BCUT2D eigenvalue weighted by Gasteiger charge is 2.23. The fourth-order valence-corrected chi connectivity index (χ4v) is 2.14. The van der Waals surface area contributed by atoms with Crippen molar-refractivity contribution in [2.45, 2.75) is 24.9 Å². The number of halogens is 1. The Hall–Kier alpha value is -1.74. The molecule has 1 heterocycles. The molecular weight excluding hydrogens is 229 g/mol. The molecule has 1 aromatic carbocycles. The minimum Gasteiger partial charge on any atom is -0.384 e. The fourth-order valence-electron chi connectivity index (χ4n) is 2.14. The molecule has 3 rings (SSSR count). The Morgan fingerprint density at radius 3 is 2.44 bits per heavy atom. The third-order valence-corrected chi connectivity index (χ3v) is 3.34. The summed E-state index contributed by atoms with van der Waals surface area (Å²) in [6, 6.07) is 9.21. The number of rotatable bonds is 3. The Morgan fingerprint density at radius 2 is 1.83 bits per heavy atom. The topological polar surface area (TPSA) is 33.1 Å². The smallest absolute Gasteiger partial charge is 0.141 e. The molecule has 18 heavy (non-hydrogen) atoms. The number of aliphatic hydroxyl groups excluding tert-OH is 1. The first-order valence-electron chi connectivity index (χ1n) is 6.12. The van der Waals surface area contributed by atoms with Gasteiger partial charge in [-0.2, -0.15) is 0 Å². The van der Waals surface area contributed by atoms with E-state index in [2.05, 4.69) is 4.98 Å². The zero-order valence-electron chi connectivity index (χ0n) is 9.88. The van der Waals surface area contributed by atoms with E-state index >= 15 is 0 Å². The minimum absolute atomic E-state index is 0.429. The van der Waals surface area contributed by atoms with E-state index in [1.165, 1.54) is 30.7 Å². The lowest BCUT2D eigenvalue weighted by Gasteiger charge is -2.11. The Kier molecular flexibility index (Phi) is 2.84. The van der Waals surface area contributed by atoms with Gasteiger partial charge in [0.05, 0.1) is 6.20 Å². The molecule has 2 nitrogen and oxygen atoms in total. The summed E-state index contributed by atoms with van der Waals surface area (Å²) >= 11 is 0. The first-order valence-corrected chi connectivity index (χ1v) is 6.12. The van der Waals surface area contributed by atoms with E-state index < -0.39 is 11.9 Å². The van der Waals surface area contributed by atoms with Gasteiger partial charge >= 0.3 is 0 Å². The summed E-state index contributed by atoms with van der Waals surface area (Å²) in [6.45, 7) is 0. The maximum atomic E-state index is 13.0. The second-order valence-corrected chi connectivity index (χ2v) is 4.78. The minimum atomic E-state index is -0.818. The molecule has 0 bridgehead atoms. The number of hydrogen-bond acceptors (Lipinski definition) is 2. The summed E-state index contributed by atoms with van der Waals surface area (Å²) < 4.78 is 13.0. The van der Waals surface area contributed by atoms with E-state index in [9.17, 15) is 9.50 Å². The lowest BCUT2D eigenvalue weighted by atomic mass is 10.0. The zero-order valence-corrected chi connectivity index (χ0v) is 9.88. The van der Waals surface area contributed by atoms with E-state index in [1.54, 1.807) is 0 Å². The van der Waals surface area contributed by atoms with Gasteiger partial charge < -0.3 is 5.11 Å². The van der Waals surface area contributed by atoms with Crippen LogP contribution < -0.4 is 0 Å². The van der Waals surface area contributed by atoms with Gasteiger partial charge in [-0.1, -0.05) is 24.3 Å². The molecule has 0 radical (unpaired) electrons. The normalized spacial score (nSPS) is 16.6. The quantitative estimate of drug-likeness (QED) is 0.898. The van der Waals surface area contributed by atoms with Gasteiger partial charge in [-0.15, -0.1) is 0 Å². The number of aromatic nitrogens is 1. The van der Waals surface area contributed by atoms with Gasteiger partial charge in [0.2, 0.25) is 0 Å². The predicted octanol–water partition coefficient (Wildman–Crippen LogP) is 3.18. The largest absolute Gasteiger partial charge is 0.384 e. The SMILES string of the molecule is OC(c1ccc(C2CC2)cc1)c1cncc(F)c1. The Morgan fingerprint density at radius 1 is 1.11 bits per heavy atom. The van der Waals surface area contributed by atoms with Crippen molar-refractivity contribution >= 4 is 0 Å². The van der Waals surface area contributed by atoms with Gasteiger partial charge in [0.25, 0.3) is 0 Å². The predicted molar refractivity (Wildman–Crippen MR) is 66.7 cm³/mol. The van der Waals surface area contributed by atoms with E-state index in [1.807, 2.05) is 24.3 Å². The number of pyridine rings is 1. The van der Waals surface area contributed by atoms with Crippen LogP contribution in [0.2, 0.25) is 0 Å². The highest BCUT2D eigenvalue weighted by Crippen LogP contribution is 2.40. The second-order valence-electron chi connectivity index (χ2n) is 4.78. The van der Waals surface area contributed by atoms with Crippen LogP contribution in [0.5, 0.6) is 0 Å². The highest BCUT2D eigenvalue weighted by atomic mass is 19.1. The summed E-state index contributed by atoms with van der Waals surface area (Å²) in [5.41, 5.74) is 2.57. The lowest BCUT2D eigenvalue weighted by Crippen LogP contribution is -2.01. The van der Waals surface area contributed by atoms with Crippen molar-refractivity contribution in [2.75, 3.05) is 0 Å². The van der Waals surface area contributed by atoms with Gasteiger partial charge in [0.15, 0.2) is 0 Å². The Balaban J connectivity index is 1.84. The van der Waals surface area contributed by atoms with Crippen LogP contribution in [0.1, 0.15) is 41.6 Å². The summed E-state index contributed by atoms with van der Waals surface area (Å²) in [7, 11) is 0. The van der Waals surface area contributed by atoms with Crippen LogP contribution in [0.3, 0.4) is 0 Å². The van der Waals surface area contributed by atoms with Crippen molar-refractivity contribution < 1.29 is 9.50 Å². The molecule has 1 unspecified atom stereocenters. The fraction of sp³-hybridized carbons (Fsp3) is 0.267. The van der Waals surface area contributed by atoms with Gasteiger partial charge in [-0.25, -0.2) is 4.39 Å². The van der Waals surface area contributed by atoms with E-state index in [0.29, 0.717) is 11.5 Å². The Labute approximate surface area is 105 Å². The van der Waals surface area contributed by atoms with Crippen LogP contribution in [0.25, 0.3) is 0 Å². The molecule has 0 spiro atoms. The molecule has 2 aromatic rings. The monoisotopic (exact) mass is 243 g/mol. The maximum Gasteiger partial charge on any atom is 0.141 e. The molecule has 1 atom stereocenters. The average Bonchev–Trinajstić information content (AvgIpc) is 3.22. The lowest BCUT2D eigenvalue weighted by molar-refractivity contribution is 0.219. The van der Waals surface area contributed by atoms with Gasteiger partial charge in [0, 0.05) is 11.8 Å². The Bertz CT molecular complexity index is 549. The molecule has 1 saturated carbocycles. The summed E-state index contributed by atoms with van der Waals surface area (Å²) in [5, 5.41) is 10.2. The molecule has 1 fully saturated rings. The molecule has 0 aliphatic heterocycles. The van der Waals surface area contributed by atoms with Crippen molar-refractivity contribution in [1.82, 2.24) is 4.98 Å².